The van der Waals surface area contributed by atoms with Crippen LogP contribution in [0.1, 0.15) is 26.7 Å². The van der Waals surface area contributed by atoms with Crippen LogP contribution in [0.3, 0.4) is 0 Å². The van der Waals surface area contributed by atoms with Crippen LogP contribution >= 0.6 is 0 Å². The molecule has 2 fully saturated rings. The van der Waals surface area contributed by atoms with Crippen LogP contribution in [0.2, 0.25) is 0 Å². The van der Waals surface area contributed by atoms with Gasteiger partial charge in [0.1, 0.15) is 0 Å². The Balaban J connectivity index is 0.000000478. The van der Waals surface area contributed by atoms with Crippen LogP contribution in [0.25, 0.3) is 0 Å². The van der Waals surface area contributed by atoms with E-state index >= 15 is 0 Å². The molecule has 4 rings (SSSR count). The number of hydrogen-bond acceptors (Lipinski definition) is 1. The maximum Gasteiger partial charge on any atom is 0.0340 e. The molecule has 2 saturated carbocycles. The fourth-order valence-electron chi connectivity index (χ4n) is 3.50. The Kier molecular flexibility index (Phi) is 2.48. The molecule has 0 aromatic heterocycles. The zero-order chi connectivity index (χ0) is 12.8. The molecule has 94 valence electrons. The summed E-state index contributed by atoms with van der Waals surface area (Å²) in [6, 6.07) is 0. The second-order valence-corrected chi connectivity index (χ2v) is 5.57. The van der Waals surface area contributed by atoms with Gasteiger partial charge in [0.2, 0.25) is 0 Å². The van der Waals surface area contributed by atoms with Gasteiger partial charge in [-0.25, -0.2) is 0 Å². The van der Waals surface area contributed by atoms with E-state index in [0.29, 0.717) is 11.8 Å². The van der Waals surface area contributed by atoms with E-state index in [1.165, 1.54) is 0 Å². The fraction of sp³-hybridized carbons (Fsp3) is 0.471. The van der Waals surface area contributed by atoms with Crippen molar-refractivity contribution >= 4 is 5.71 Å². The summed E-state index contributed by atoms with van der Waals surface area (Å²) in [5.41, 5.74) is 1.16. The summed E-state index contributed by atoms with van der Waals surface area (Å²) in [6.45, 7) is 4.00. The molecule has 0 aliphatic heterocycles. The molecule has 0 radical (unpaired) electrons. The molecule has 0 bridgehead atoms. The highest BCUT2D eigenvalue weighted by atomic mass is 14.7. The van der Waals surface area contributed by atoms with Gasteiger partial charge in [-0.05, 0) is 24.7 Å². The molecule has 4 unspecified atom stereocenters. The van der Waals surface area contributed by atoms with E-state index < -0.39 is 0 Å². The first-order valence-corrected chi connectivity index (χ1v) is 7.09. The number of hydrogen-bond donors (Lipinski definition) is 1. The van der Waals surface area contributed by atoms with Crippen molar-refractivity contribution in [1.29, 1.82) is 5.41 Å². The molecule has 1 heteroatoms. The topological polar surface area (TPSA) is 23.9 Å². The molecule has 0 amide bonds. The van der Waals surface area contributed by atoms with Crippen LogP contribution in [-0.2, 0) is 0 Å². The van der Waals surface area contributed by atoms with E-state index in [9.17, 15) is 0 Å². The van der Waals surface area contributed by atoms with Gasteiger partial charge in [0.05, 0.1) is 0 Å². The quantitative estimate of drug-likeness (QED) is 0.695. The molecule has 0 heterocycles. The Labute approximate surface area is 109 Å². The standard InChI is InChI=1S/C15H15N.C2H6/c16-13(14-7-3-1-5-11(14)9-14)15-8-4-2-6-12(15)10-15;1-2/h1-8,11-12,16H,9-10H2;1-2H3. The van der Waals surface area contributed by atoms with E-state index in [1.54, 1.807) is 0 Å². The summed E-state index contributed by atoms with van der Waals surface area (Å²) in [4.78, 5) is 0. The van der Waals surface area contributed by atoms with Gasteiger partial charge >= 0.3 is 0 Å². The van der Waals surface area contributed by atoms with Gasteiger partial charge in [0, 0.05) is 16.5 Å². The third-order valence-corrected chi connectivity index (χ3v) is 4.75. The molecule has 4 aliphatic rings. The Morgan fingerprint density at radius 3 is 1.72 bits per heavy atom. The highest BCUT2D eigenvalue weighted by molar-refractivity contribution is 6.02. The summed E-state index contributed by atoms with van der Waals surface area (Å²) in [6.07, 6.45) is 19.9. The van der Waals surface area contributed by atoms with Crippen molar-refractivity contribution in [2.75, 3.05) is 0 Å². The Morgan fingerprint density at radius 1 is 0.889 bits per heavy atom. The van der Waals surface area contributed by atoms with E-state index in [0.717, 1.165) is 18.6 Å². The normalized spacial score (nSPS) is 44.6. The van der Waals surface area contributed by atoms with Crippen LogP contribution in [0, 0.1) is 28.1 Å². The van der Waals surface area contributed by atoms with E-state index in [-0.39, 0.29) is 10.8 Å². The first-order chi connectivity index (χ1) is 8.78. The summed E-state index contributed by atoms with van der Waals surface area (Å²) < 4.78 is 0. The molecule has 4 atom stereocenters. The minimum atomic E-state index is 0.0962. The average molecular weight is 239 g/mol. The number of fused-ring (bicyclic) bond motifs is 2. The highest BCUT2D eigenvalue weighted by Gasteiger charge is 2.65. The molecule has 1 N–H and O–H groups in total. The van der Waals surface area contributed by atoms with Crippen LogP contribution in [0.4, 0.5) is 0 Å². The average Bonchev–Trinajstić information content (AvgIpc) is 3.32. The maximum absolute atomic E-state index is 8.58. The van der Waals surface area contributed by atoms with Crippen LogP contribution < -0.4 is 0 Å². The second kappa shape index (κ2) is 3.81. The van der Waals surface area contributed by atoms with Crippen molar-refractivity contribution < 1.29 is 0 Å². The monoisotopic (exact) mass is 239 g/mol. The third-order valence-electron chi connectivity index (χ3n) is 4.75. The summed E-state index contributed by atoms with van der Waals surface area (Å²) in [7, 11) is 0. The maximum atomic E-state index is 8.58. The van der Waals surface area contributed by atoms with E-state index in [1.807, 2.05) is 13.8 Å². The number of nitrogens with one attached hydrogen (secondary N) is 1. The molecule has 0 aromatic rings. The number of allylic oxidation sites excluding steroid dienone is 8. The predicted molar refractivity (Wildman–Crippen MR) is 76.7 cm³/mol. The van der Waals surface area contributed by atoms with Crippen LogP contribution in [0.5, 0.6) is 0 Å². The summed E-state index contributed by atoms with van der Waals surface area (Å²) in [5, 5.41) is 8.58. The molecule has 18 heavy (non-hydrogen) atoms. The summed E-state index contributed by atoms with van der Waals surface area (Å²) in [5.74, 6) is 1.22. The smallest absolute Gasteiger partial charge is 0.0340 e. The van der Waals surface area contributed by atoms with Gasteiger partial charge in [0.25, 0.3) is 0 Å². The number of rotatable bonds is 2. The zero-order valence-electron chi connectivity index (χ0n) is 11.2. The lowest BCUT2D eigenvalue weighted by Crippen LogP contribution is -2.27. The van der Waals surface area contributed by atoms with E-state index in [2.05, 4.69) is 48.6 Å². The Bertz CT molecular complexity index is 450. The minimum Gasteiger partial charge on any atom is -0.308 e. The third kappa shape index (κ3) is 1.36. The van der Waals surface area contributed by atoms with E-state index in [4.69, 9.17) is 5.41 Å². The van der Waals surface area contributed by atoms with Gasteiger partial charge < -0.3 is 5.41 Å². The van der Waals surface area contributed by atoms with Crippen molar-refractivity contribution in [1.82, 2.24) is 0 Å². The van der Waals surface area contributed by atoms with Gasteiger partial charge in [0.15, 0.2) is 0 Å². The van der Waals surface area contributed by atoms with Crippen LogP contribution in [0.15, 0.2) is 48.6 Å². The zero-order valence-corrected chi connectivity index (χ0v) is 11.2. The first-order valence-electron chi connectivity index (χ1n) is 7.09. The first kappa shape index (κ1) is 11.7. The van der Waals surface area contributed by atoms with Crippen LogP contribution in [-0.4, -0.2) is 5.71 Å². The Morgan fingerprint density at radius 2 is 1.33 bits per heavy atom. The molecular weight excluding hydrogens is 218 g/mol. The molecular formula is C17H21N. The molecule has 4 aliphatic carbocycles. The lowest BCUT2D eigenvalue weighted by atomic mass is 9.80. The minimum absolute atomic E-state index is 0.0962. The molecule has 0 spiro atoms. The predicted octanol–water partition coefficient (Wildman–Crippen LogP) is 4.30. The van der Waals surface area contributed by atoms with Crippen molar-refractivity contribution in [2.24, 2.45) is 22.7 Å². The van der Waals surface area contributed by atoms with Crippen molar-refractivity contribution in [2.45, 2.75) is 26.7 Å². The van der Waals surface area contributed by atoms with Crippen molar-refractivity contribution in [3.05, 3.63) is 48.6 Å². The molecule has 1 nitrogen and oxygen atoms in total. The summed E-state index contributed by atoms with van der Waals surface area (Å²) >= 11 is 0. The van der Waals surface area contributed by atoms with Gasteiger partial charge in [-0.15, -0.1) is 0 Å². The molecule has 0 saturated heterocycles. The highest BCUT2D eigenvalue weighted by Crippen LogP contribution is 2.67. The lowest BCUT2D eigenvalue weighted by Gasteiger charge is -2.23. The van der Waals surface area contributed by atoms with Gasteiger partial charge in [-0.2, -0.15) is 0 Å². The van der Waals surface area contributed by atoms with Gasteiger partial charge in [-0.3, -0.25) is 0 Å². The largest absolute Gasteiger partial charge is 0.308 e. The van der Waals surface area contributed by atoms with Gasteiger partial charge in [-0.1, -0.05) is 62.5 Å². The second-order valence-electron chi connectivity index (χ2n) is 5.57. The molecule has 0 aromatic carbocycles. The van der Waals surface area contributed by atoms with Crippen molar-refractivity contribution in [3.63, 3.8) is 0 Å². The van der Waals surface area contributed by atoms with Crippen molar-refractivity contribution in [3.8, 4) is 0 Å². The SMILES string of the molecule is CC.N=C(C12C=CC=CC1C2)C12C=CC=CC1C2. The lowest BCUT2D eigenvalue weighted by molar-refractivity contribution is 0.707. The fourth-order valence-corrected chi connectivity index (χ4v) is 3.50. The Hall–Kier alpha value is -1.37.